The highest BCUT2D eigenvalue weighted by Gasteiger charge is 2.16. The summed E-state index contributed by atoms with van der Waals surface area (Å²) < 4.78 is 0. The minimum absolute atomic E-state index is 0.0118. The van der Waals surface area contributed by atoms with Gasteiger partial charge >= 0.3 is 0 Å². The van der Waals surface area contributed by atoms with Crippen LogP contribution in [0.3, 0.4) is 0 Å². The Balaban J connectivity index is 2.22. The maximum absolute atomic E-state index is 11.3. The Labute approximate surface area is 131 Å². The van der Waals surface area contributed by atoms with Crippen LogP contribution in [0, 0.1) is 10.1 Å². The lowest BCUT2D eigenvalue weighted by Crippen LogP contribution is -1.95. The summed E-state index contributed by atoms with van der Waals surface area (Å²) in [5.41, 5.74) is 1.12. The fourth-order valence-corrected chi connectivity index (χ4v) is 3.14. The average molecular weight is 322 g/mol. The number of hydrogen-bond acceptors (Lipinski definition) is 4. The van der Waals surface area contributed by atoms with Crippen LogP contribution in [-0.4, -0.2) is 10.7 Å². The molecule has 0 amide bonds. The van der Waals surface area contributed by atoms with E-state index in [9.17, 15) is 14.9 Å². The van der Waals surface area contributed by atoms with Crippen LogP contribution in [0.4, 0.5) is 5.69 Å². The van der Waals surface area contributed by atoms with Gasteiger partial charge < -0.3 is 0 Å². The Morgan fingerprint density at radius 1 is 1.29 bits per heavy atom. The SMILES string of the molecule is CC(=O)c1cccc(SCc2c(Cl)cccc2[N+](=O)[O-])c1. The van der Waals surface area contributed by atoms with Crippen molar-refractivity contribution in [1.82, 2.24) is 0 Å². The average Bonchev–Trinajstić information content (AvgIpc) is 2.46. The molecule has 0 aliphatic heterocycles. The molecule has 0 radical (unpaired) electrons. The van der Waals surface area contributed by atoms with E-state index < -0.39 is 4.92 Å². The van der Waals surface area contributed by atoms with Crippen molar-refractivity contribution in [2.24, 2.45) is 0 Å². The maximum atomic E-state index is 11.3. The number of carbonyl (C=O) groups excluding carboxylic acids is 1. The number of nitro groups is 1. The van der Waals surface area contributed by atoms with Gasteiger partial charge in [0.1, 0.15) is 0 Å². The van der Waals surface area contributed by atoms with Crippen molar-refractivity contribution in [2.45, 2.75) is 17.6 Å². The molecule has 4 nitrogen and oxygen atoms in total. The second-order valence-corrected chi connectivity index (χ2v) is 5.82. The molecule has 0 spiro atoms. The van der Waals surface area contributed by atoms with E-state index in [0.717, 1.165) is 4.90 Å². The normalized spacial score (nSPS) is 10.4. The first-order valence-corrected chi connectivity index (χ1v) is 7.51. The number of ketones is 1. The monoisotopic (exact) mass is 321 g/mol. The molecule has 0 atom stereocenters. The summed E-state index contributed by atoms with van der Waals surface area (Å²) in [5, 5.41) is 11.4. The Kier molecular flexibility index (Phi) is 4.98. The van der Waals surface area contributed by atoms with Gasteiger partial charge in [-0.1, -0.05) is 29.8 Å². The molecule has 2 aromatic rings. The molecule has 0 N–H and O–H groups in total. The number of Topliss-reactive ketones (excluding diaryl/α,β-unsaturated/α-hetero) is 1. The summed E-state index contributed by atoms with van der Waals surface area (Å²) in [5.74, 6) is 0.360. The molecule has 21 heavy (non-hydrogen) atoms. The molecular formula is C15H12ClNO3S. The van der Waals surface area contributed by atoms with E-state index in [4.69, 9.17) is 11.6 Å². The van der Waals surface area contributed by atoms with Crippen molar-refractivity contribution in [3.05, 3.63) is 68.7 Å². The van der Waals surface area contributed by atoms with E-state index in [1.165, 1.54) is 24.8 Å². The number of nitrogens with zero attached hydrogens (tertiary/aromatic N) is 1. The third-order valence-electron chi connectivity index (χ3n) is 2.91. The van der Waals surface area contributed by atoms with E-state index in [2.05, 4.69) is 0 Å². The topological polar surface area (TPSA) is 60.2 Å². The number of nitro benzene ring substituents is 1. The quantitative estimate of drug-likeness (QED) is 0.345. The van der Waals surface area contributed by atoms with E-state index in [-0.39, 0.29) is 11.5 Å². The zero-order chi connectivity index (χ0) is 15.4. The number of hydrogen-bond donors (Lipinski definition) is 0. The number of benzene rings is 2. The van der Waals surface area contributed by atoms with Crippen molar-refractivity contribution >= 4 is 34.8 Å². The van der Waals surface area contributed by atoms with E-state index in [0.29, 0.717) is 21.9 Å². The summed E-state index contributed by atoms with van der Waals surface area (Å²) >= 11 is 7.46. The van der Waals surface area contributed by atoms with Gasteiger partial charge in [0.25, 0.3) is 5.69 Å². The van der Waals surface area contributed by atoms with E-state index in [1.54, 1.807) is 30.3 Å². The van der Waals surface area contributed by atoms with Gasteiger partial charge in [0, 0.05) is 22.3 Å². The lowest BCUT2D eigenvalue weighted by atomic mass is 10.2. The van der Waals surface area contributed by atoms with Gasteiger partial charge in [-0.05, 0) is 25.1 Å². The fraction of sp³-hybridized carbons (Fsp3) is 0.133. The standard InChI is InChI=1S/C15H12ClNO3S/c1-10(18)11-4-2-5-12(8-11)21-9-13-14(16)6-3-7-15(13)17(19)20/h2-8H,9H2,1H3. The van der Waals surface area contributed by atoms with Gasteiger partial charge in [0.15, 0.2) is 5.78 Å². The van der Waals surface area contributed by atoms with Gasteiger partial charge in [-0.25, -0.2) is 0 Å². The minimum atomic E-state index is -0.437. The first kappa shape index (κ1) is 15.5. The molecule has 0 aromatic heterocycles. The number of carbonyl (C=O) groups is 1. The molecule has 0 aliphatic carbocycles. The van der Waals surface area contributed by atoms with Crippen molar-refractivity contribution in [3.63, 3.8) is 0 Å². The molecular weight excluding hydrogens is 310 g/mol. The van der Waals surface area contributed by atoms with Gasteiger partial charge in [0.2, 0.25) is 0 Å². The Morgan fingerprint density at radius 2 is 2.00 bits per heavy atom. The fourth-order valence-electron chi connectivity index (χ4n) is 1.82. The summed E-state index contributed by atoms with van der Waals surface area (Å²) in [7, 11) is 0. The molecule has 0 saturated carbocycles. The largest absolute Gasteiger partial charge is 0.295 e. The Morgan fingerprint density at radius 3 is 2.67 bits per heavy atom. The summed E-state index contributed by atoms with van der Waals surface area (Å²) in [6, 6.07) is 11.8. The second-order valence-electron chi connectivity index (χ2n) is 4.37. The van der Waals surface area contributed by atoms with E-state index >= 15 is 0 Å². The third kappa shape index (κ3) is 3.83. The van der Waals surface area contributed by atoms with Crippen LogP contribution in [0.15, 0.2) is 47.4 Å². The lowest BCUT2D eigenvalue weighted by molar-refractivity contribution is -0.385. The molecule has 0 saturated heterocycles. The molecule has 0 bridgehead atoms. The van der Waals surface area contributed by atoms with Gasteiger partial charge in [-0.3, -0.25) is 14.9 Å². The smallest absolute Gasteiger partial charge is 0.274 e. The summed E-state index contributed by atoms with van der Waals surface area (Å²) in [4.78, 5) is 22.8. The van der Waals surface area contributed by atoms with Gasteiger partial charge in [-0.2, -0.15) is 0 Å². The highest BCUT2D eigenvalue weighted by atomic mass is 35.5. The highest BCUT2D eigenvalue weighted by molar-refractivity contribution is 7.98. The van der Waals surface area contributed by atoms with Gasteiger partial charge in [-0.15, -0.1) is 11.8 Å². The van der Waals surface area contributed by atoms with Crippen LogP contribution < -0.4 is 0 Å². The predicted octanol–water partition coefficient (Wildman–Crippen LogP) is 4.74. The van der Waals surface area contributed by atoms with Crippen molar-refractivity contribution < 1.29 is 9.72 Å². The highest BCUT2D eigenvalue weighted by Crippen LogP contribution is 2.33. The number of thioether (sulfide) groups is 1. The Hall–Kier alpha value is -1.85. The predicted molar refractivity (Wildman–Crippen MR) is 84.1 cm³/mol. The third-order valence-corrected chi connectivity index (χ3v) is 4.29. The molecule has 108 valence electrons. The van der Waals surface area contributed by atoms with Crippen LogP contribution in [0.25, 0.3) is 0 Å². The minimum Gasteiger partial charge on any atom is -0.295 e. The molecule has 2 rings (SSSR count). The summed E-state index contributed by atoms with van der Waals surface area (Å²) in [6.45, 7) is 1.50. The number of rotatable bonds is 5. The molecule has 0 unspecified atom stereocenters. The first-order chi connectivity index (χ1) is 9.99. The molecule has 0 aliphatic rings. The van der Waals surface area contributed by atoms with Crippen LogP contribution >= 0.6 is 23.4 Å². The van der Waals surface area contributed by atoms with Crippen molar-refractivity contribution in [2.75, 3.05) is 0 Å². The van der Waals surface area contributed by atoms with Crippen molar-refractivity contribution in [3.8, 4) is 0 Å². The molecule has 0 fully saturated rings. The molecule has 6 heteroatoms. The van der Waals surface area contributed by atoms with E-state index in [1.807, 2.05) is 6.07 Å². The van der Waals surface area contributed by atoms with Crippen LogP contribution in [0.5, 0.6) is 0 Å². The molecule has 2 aromatic carbocycles. The van der Waals surface area contributed by atoms with Gasteiger partial charge in [0.05, 0.1) is 15.5 Å². The maximum Gasteiger partial charge on any atom is 0.274 e. The second kappa shape index (κ2) is 6.74. The number of halogens is 1. The van der Waals surface area contributed by atoms with Crippen molar-refractivity contribution in [1.29, 1.82) is 0 Å². The molecule has 0 heterocycles. The zero-order valence-electron chi connectivity index (χ0n) is 11.2. The van der Waals surface area contributed by atoms with Crippen LogP contribution in [0.2, 0.25) is 5.02 Å². The van der Waals surface area contributed by atoms with Crippen LogP contribution in [0.1, 0.15) is 22.8 Å². The summed E-state index contributed by atoms with van der Waals surface area (Å²) in [6.07, 6.45) is 0. The lowest BCUT2D eigenvalue weighted by Gasteiger charge is -2.06. The van der Waals surface area contributed by atoms with Crippen LogP contribution in [-0.2, 0) is 5.75 Å². The Bertz CT molecular complexity index is 703. The zero-order valence-corrected chi connectivity index (χ0v) is 12.8. The first-order valence-electron chi connectivity index (χ1n) is 6.14.